The Morgan fingerprint density at radius 1 is 0.941 bits per heavy atom. The third-order valence-corrected chi connectivity index (χ3v) is 5.36. The zero-order chi connectivity index (χ0) is 12.3. The summed E-state index contributed by atoms with van der Waals surface area (Å²) in [5.74, 6) is 2.11. The van der Waals surface area contributed by atoms with Crippen LogP contribution in [0, 0.1) is 17.8 Å². The highest BCUT2D eigenvalue weighted by Crippen LogP contribution is 2.44. The van der Waals surface area contributed by atoms with Gasteiger partial charge >= 0.3 is 0 Å². The lowest BCUT2D eigenvalue weighted by molar-refractivity contribution is -0.0758. The van der Waals surface area contributed by atoms with Gasteiger partial charge in [-0.15, -0.1) is 0 Å². The molecule has 2 fully saturated rings. The fourth-order valence-corrected chi connectivity index (χ4v) is 4.09. The van der Waals surface area contributed by atoms with Crippen LogP contribution in [0.15, 0.2) is 0 Å². The minimum atomic E-state index is -0.308. The number of rotatable bonds is 2. The smallest absolute Gasteiger partial charge is 0.0678 e. The molecule has 0 radical (unpaired) electrons. The van der Waals surface area contributed by atoms with E-state index < -0.39 is 0 Å². The van der Waals surface area contributed by atoms with Gasteiger partial charge in [0, 0.05) is 0 Å². The third kappa shape index (κ3) is 3.24. The topological polar surface area (TPSA) is 20.2 Å². The molecule has 2 saturated carbocycles. The van der Waals surface area contributed by atoms with Gasteiger partial charge < -0.3 is 5.11 Å². The van der Waals surface area contributed by atoms with Crippen LogP contribution in [0.25, 0.3) is 0 Å². The fourth-order valence-electron chi connectivity index (χ4n) is 4.09. The first-order valence-corrected chi connectivity index (χ1v) is 7.84. The molecule has 0 aromatic heterocycles. The molecule has 2 aliphatic carbocycles. The van der Waals surface area contributed by atoms with Gasteiger partial charge in [-0.2, -0.15) is 0 Å². The second-order valence-electron chi connectivity index (χ2n) is 6.89. The van der Waals surface area contributed by atoms with E-state index in [-0.39, 0.29) is 5.60 Å². The summed E-state index contributed by atoms with van der Waals surface area (Å²) in [4.78, 5) is 0. The van der Waals surface area contributed by atoms with Crippen molar-refractivity contribution in [3.63, 3.8) is 0 Å². The zero-order valence-electron chi connectivity index (χ0n) is 11.8. The SMILES string of the molecule is CC(C)C1CCCC(O)(C2CCCCCC2)C1. The van der Waals surface area contributed by atoms with Crippen molar-refractivity contribution in [2.75, 3.05) is 0 Å². The lowest BCUT2D eigenvalue weighted by Crippen LogP contribution is -2.43. The quantitative estimate of drug-likeness (QED) is 0.701. The first-order valence-electron chi connectivity index (χ1n) is 7.84. The monoisotopic (exact) mass is 238 g/mol. The second kappa shape index (κ2) is 5.73. The minimum Gasteiger partial charge on any atom is -0.390 e. The third-order valence-electron chi connectivity index (χ3n) is 5.36. The van der Waals surface area contributed by atoms with E-state index in [4.69, 9.17) is 0 Å². The molecule has 0 heterocycles. The molecule has 2 aliphatic rings. The maximum Gasteiger partial charge on any atom is 0.0678 e. The molecule has 0 spiro atoms. The molecule has 0 bridgehead atoms. The molecule has 0 amide bonds. The van der Waals surface area contributed by atoms with Crippen LogP contribution in [0.3, 0.4) is 0 Å². The first-order chi connectivity index (χ1) is 8.12. The second-order valence-corrected chi connectivity index (χ2v) is 6.89. The summed E-state index contributed by atoms with van der Waals surface area (Å²) < 4.78 is 0. The van der Waals surface area contributed by atoms with Crippen LogP contribution in [0.2, 0.25) is 0 Å². The van der Waals surface area contributed by atoms with E-state index in [0.717, 1.165) is 24.7 Å². The summed E-state index contributed by atoms with van der Waals surface area (Å²) in [7, 11) is 0. The highest BCUT2D eigenvalue weighted by molar-refractivity contribution is 4.93. The average Bonchev–Trinajstić information content (AvgIpc) is 2.58. The summed E-state index contributed by atoms with van der Waals surface area (Å²) in [5, 5.41) is 11.0. The van der Waals surface area contributed by atoms with Gasteiger partial charge in [0.2, 0.25) is 0 Å². The lowest BCUT2D eigenvalue weighted by atomic mass is 9.67. The van der Waals surface area contributed by atoms with E-state index >= 15 is 0 Å². The Bertz CT molecular complexity index is 228. The van der Waals surface area contributed by atoms with Gasteiger partial charge in [0.05, 0.1) is 5.60 Å². The van der Waals surface area contributed by atoms with Crippen molar-refractivity contribution in [3.05, 3.63) is 0 Å². The minimum absolute atomic E-state index is 0.308. The van der Waals surface area contributed by atoms with Gasteiger partial charge in [-0.05, 0) is 49.9 Å². The highest BCUT2D eigenvalue weighted by Gasteiger charge is 2.41. The van der Waals surface area contributed by atoms with Crippen LogP contribution in [-0.4, -0.2) is 10.7 Å². The Labute approximate surface area is 107 Å². The van der Waals surface area contributed by atoms with Crippen molar-refractivity contribution >= 4 is 0 Å². The van der Waals surface area contributed by atoms with Crippen LogP contribution in [0.4, 0.5) is 0 Å². The number of hydrogen-bond acceptors (Lipinski definition) is 1. The van der Waals surface area contributed by atoms with Gasteiger partial charge in [0.15, 0.2) is 0 Å². The predicted molar refractivity (Wildman–Crippen MR) is 72.9 cm³/mol. The molecule has 17 heavy (non-hydrogen) atoms. The zero-order valence-corrected chi connectivity index (χ0v) is 11.8. The van der Waals surface area contributed by atoms with Crippen LogP contribution in [-0.2, 0) is 0 Å². The van der Waals surface area contributed by atoms with Crippen molar-refractivity contribution in [2.45, 2.75) is 83.7 Å². The van der Waals surface area contributed by atoms with Gasteiger partial charge in [-0.25, -0.2) is 0 Å². The molecule has 2 unspecified atom stereocenters. The highest BCUT2D eigenvalue weighted by atomic mass is 16.3. The molecule has 0 aromatic carbocycles. The first kappa shape index (κ1) is 13.4. The summed E-state index contributed by atoms with van der Waals surface area (Å²) in [6.07, 6.45) is 12.8. The standard InChI is InChI=1S/C16H30O/c1-13(2)14-8-7-11-16(17,12-14)15-9-5-3-4-6-10-15/h13-15,17H,3-12H2,1-2H3. The predicted octanol–water partition coefficient (Wildman–Crippen LogP) is 4.53. The van der Waals surface area contributed by atoms with Gasteiger partial charge in [0.25, 0.3) is 0 Å². The van der Waals surface area contributed by atoms with Crippen LogP contribution < -0.4 is 0 Å². The Hall–Kier alpha value is -0.0400. The summed E-state index contributed by atoms with van der Waals surface area (Å²) >= 11 is 0. The molecule has 1 N–H and O–H groups in total. The van der Waals surface area contributed by atoms with Crippen LogP contribution >= 0.6 is 0 Å². The van der Waals surface area contributed by atoms with E-state index in [0.29, 0.717) is 5.92 Å². The molecule has 2 rings (SSSR count). The van der Waals surface area contributed by atoms with Gasteiger partial charge in [-0.3, -0.25) is 0 Å². The van der Waals surface area contributed by atoms with Crippen LogP contribution in [0.1, 0.15) is 78.1 Å². The van der Waals surface area contributed by atoms with E-state index in [1.807, 2.05) is 0 Å². The lowest BCUT2D eigenvalue weighted by Gasteiger charge is -2.43. The Balaban J connectivity index is 2.00. The average molecular weight is 238 g/mol. The molecule has 0 aromatic rings. The van der Waals surface area contributed by atoms with Crippen molar-refractivity contribution in [1.29, 1.82) is 0 Å². The van der Waals surface area contributed by atoms with E-state index in [9.17, 15) is 5.11 Å². The van der Waals surface area contributed by atoms with Crippen molar-refractivity contribution in [3.8, 4) is 0 Å². The molecule has 2 atom stereocenters. The Kier molecular flexibility index (Phi) is 4.52. The van der Waals surface area contributed by atoms with Crippen LogP contribution in [0.5, 0.6) is 0 Å². The van der Waals surface area contributed by atoms with Crippen molar-refractivity contribution in [2.24, 2.45) is 17.8 Å². The maximum atomic E-state index is 11.0. The summed E-state index contributed by atoms with van der Waals surface area (Å²) in [5.41, 5.74) is -0.308. The maximum absolute atomic E-state index is 11.0. The van der Waals surface area contributed by atoms with E-state index in [2.05, 4.69) is 13.8 Å². The molecule has 0 aliphatic heterocycles. The van der Waals surface area contributed by atoms with E-state index in [1.54, 1.807) is 0 Å². The number of hydrogen-bond donors (Lipinski definition) is 1. The van der Waals surface area contributed by atoms with Crippen molar-refractivity contribution in [1.82, 2.24) is 0 Å². The van der Waals surface area contributed by atoms with Gasteiger partial charge in [-0.1, -0.05) is 46.0 Å². The normalized spacial score (nSPS) is 37.1. The molecular formula is C16H30O. The van der Waals surface area contributed by atoms with Gasteiger partial charge in [0.1, 0.15) is 0 Å². The molecule has 1 nitrogen and oxygen atoms in total. The Morgan fingerprint density at radius 3 is 2.18 bits per heavy atom. The summed E-state index contributed by atoms with van der Waals surface area (Å²) in [6, 6.07) is 0. The molecule has 1 heteroatoms. The molecule has 0 saturated heterocycles. The van der Waals surface area contributed by atoms with E-state index in [1.165, 1.54) is 51.4 Å². The number of aliphatic hydroxyl groups is 1. The fraction of sp³-hybridized carbons (Fsp3) is 1.00. The summed E-state index contributed by atoms with van der Waals surface area (Å²) in [6.45, 7) is 4.65. The van der Waals surface area contributed by atoms with Crippen molar-refractivity contribution < 1.29 is 5.11 Å². The molecule has 100 valence electrons. The molecular weight excluding hydrogens is 208 g/mol. The Morgan fingerprint density at radius 2 is 1.59 bits per heavy atom. The largest absolute Gasteiger partial charge is 0.390 e.